The minimum absolute atomic E-state index is 0.00927. The van der Waals surface area contributed by atoms with E-state index >= 15 is 0 Å². The third-order valence-electron chi connectivity index (χ3n) is 5.28. The van der Waals surface area contributed by atoms with E-state index in [1.165, 1.54) is 5.56 Å². The van der Waals surface area contributed by atoms with Crippen LogP contribution in [0.1, 0.15) is 44.6 Å². The average molecular weight is 401 g/mol. The molecule has 2 aromatic rings. The van der Waals surface area contributed by atoms with Gasteiger partial charge in [0.15, 0.2) is 0 Å². The van der Waals surface area contributed by atoms with Gasteiger partial charge in [-0.1, -0.05) is 6.92 Å². The number of aryl methyl sites for hydroxylation is 2. The first kappa shape index (κ1) is 21.2. The van der Waals surface area contributed by atoms with Gasteiger partial charge in [-0.2, -0.15) is 5.10 Å². The smallest absolute Gasteiger partial charge is 0.223 e. The van der Waals surface area contributed by atoms with Crippen molar-refractivity contribution >= 4 is 11.9 Å². The Bertz CT molecular complexity index is 751. The van der Waals surface area contributed by atoms with Crippen molar-refractivity contribution in [2.45, 2.75) is 57.6 Å². The van der Waals surface area contributed by atoms with Crippen LogP contribution >= 0.6 is 0 Å². The molecule has 1 amide bonds. The second kappa shape index (κ2) is 10.9. The van der Waals surface area contributed by atoms with Gasteiger partial charge in [0.05, 0.1) is 18.3 Å². The number of hydrogen-bond donors (Lipinski definition) is 2. The number of aromatic nitrogens is 4. The molecule has 8 heteroatoms. The van der Waals surface area contributed by atoms with E-state index in [0.29, 0.717) is 19.1 Å². The Morgan fingerprint density at radius 2 is 2.14 bits per heavy atom. The Morgan fingerprint density at radius 1 is 1.31 bits per heavy atom. The Labute approximate surface area is 172 Å². The average Bonchev–Trinajstić information content (AvgIpc) is 3.16. The molecule has 2 heterocycles. The zero-order valence-electron chi connectivity index (χ0n) is 17.4. The fourth-order valence-electron chi connectivity index (χ4n) is 3.77. The van der Waals surface area contributed by atoms with Crippen molar-refractivity contribution in [3.05, 3.63) is 36.4 Å². The van der Waals surface area contributed by atoms with E-state index in [2.05, 4.69) is 32.6 Å². The predicted molar refractivity (Wildman–Crippen MR) is 111 cm³/mol. The number of hydrogen-bond acceptors (Lipinski definition) is 6. The number of carbonyl (C=O) groups excluding carboxylic acids is 1. The molecule has 0 spiro atoms. The van der Waals surface area contributed by atoms with Crippen molar-refractivity contribution in [2.75, 3.05) is 18.5 Å². The lowest BCUT2D eigenvalue weighted by Crippen LogP contribution is -2.45. The third kappa shape index (κ3) is 6.52. The summed E-state index contributed by atoms with van der Waals surface area (Å²) in [6.45, 7) is 3.47. The van der Waals surface area contributed by atoms with Crippen molar-refractivity contribution in [2.24, 2.45) is 13.0 Å². The molecule has 2 aromatic heterocycles. The van der Waals surface area contributed by atoms with E-state index in [9.17, 15) is 4.79 Å². The molecule has 0 saturated heterocycles. The highest BCUT2D eigenvalue weighted by atomic mass is 16.5. The number of carbonyl (C=O) groups is 1. The molecule has 2 N–H and O–H groups in total. The maximum Gasteiger partial charge on any atom is 0.223 e. The van der Waals surface area contributed by atoms with E-state index in [-0.39, 0.29) is 24.0 Å². The zero-order chi connectivity index (χ0) is 20.5. The first-order valence-electron chi connectivity index (χ1n) is 10.6. The van der Waals surface area contributed by atoms with Crippen LogP contribution in [-0.4, -0.2) is 51.0 Å². The molecule has 1 aliphatic carbocycles. The summed E-state index contributed by atoms with van der Waals surface area (Å²) in [5.74, 6) is 0.738. The van der Waals surface area contributed by atoms with Crippen molar-refractivity contribution in [3.8, 4) is 0 Å². The Morgan fingerprint density at radius 3 is 2.86 bits per heavy atom. The SMILES string of the molecule is CCCO[C@H]1C[C@@H](C(=O)NCCCc2cnn(C)c2)CC[C@@H]1Nc1ncccn1. The standard InChI is InChI=1S/C21H32N6O2/c1-3-12-29-19-13-17(7-8-18(19)26-21-23-10-5-11-24-21)20(28)22-9-4-6-16-14-25-27(2)15-16/h5,10-11,14-15,17-19H,3-4,6-9,12-13H2,1-2H3,(H,22,28)(H,23,24,26)/t17-,18-,19-/m0/s1. The summed E-state index contributed by atoms with van der Waals surface area (Å²) >= 11 is 0. The molecule has 0 unspecified atom stereocenters. The van der Waals surface area contributed by atoms with Gasteiger partial charge >= 0.3 is 0 Å². The molecule has 0 aromatic carbocycles. The van der Waals surface area contributed by atoms with Gasteiger partial charge in [0, 0.05) is 44.7 Å². The van der Waals surface area contributed by atoms with E-state index in [1.807, 2.05) is 19.4 Å². The molecule has 0 bridgehead atoms. The van der Waals surface area contributed by atoms with E-state index in [0.717, 1.165) is 38.5 Å². The fraction of sp³-hybridized carbons (Fsp3) is 0.619. The van der Waals surface area contributed by atoms with Gasteiger partial charge in [0.2, 0.25) is 11.9 Å². The van der Waals surface area contributed by atoms with Crippen molar-refractivity contribution < 1.29 is 9.53 Å². The first-order valence-corrected chi connectivity index (χ1v) is 10.6. The van der Waals surface area contributed by atoms with Gasteiger partial charge < -0.3 is 15.4 Å². The van der Waals surface area contributed by atoms with Crippen LogP contribution in [0.4, 0.5) is 5.95 Å². The third-order valence-corrected chi connectivity index (χ3v) is 5.28. The van der Waals surface area contributed by atoms with Gasteiger partial charge in [-0.05, 0) is 50.2 Å². The van der Waals surface area contributed by atoms with Crippen LogP contribution in [0.2, 0.25) is 0 Å². The van der Waals surface area contributed by atoms with Crippen LogP contribution in [0.5, 0.6) is 0 Å². The molecule has 1 aliphatic rings. The lowest BCUT2D eigenvalue weighted by atomic mass is 9.83. The van der Waals surface area contributed by atoms with E-state index < -0.39 is 0 Å². The first-order chi connectivity index (χ1) is 14.2. The largest absolute Gasteiger partial charge is 0.376 e. The molecule has 29 heavy (non-hydrogen) atoms. The highest BCUT2D eigenvalue weighted by Gasteiger charge is 2.34. The number of anilines is 1. The fourth-order valence-corrected chi connectivity index (χ4v) is 3.77. The molecule has 0 radical (unpaired) electrons. The maximum absolute atomic E-state index is 12.7. The normalized spacial score (nSPS) is 21.7. The molecule has 158 valence electrons. The summed E-state index contributed by atoms with van der Waals surface area (Å²) in [5, 5.41) is 10.7. The molecule has 0 aliphatic heterocycles. The highest BCUT2D eigenvalue weighted by molar-refractivity contribution is 5.78. The van der Waals surface area contributed by atoms with Crippen molar-refractivity contribution in [1.82, 2.24) is 25.1 Å². The van der Waals surface area contributed by atoms with Gasteiger partial charge in [0.1, 0.15) is 0 Å². The number of nitrogens with zero attached hydrogens (tertiary/aromatic N) is 4. The van der Waals surface area contributed by atoms with Crippen LogP contribution in [0.25, 0.3) is 0 Å². The van der Waals surface area contributed by atoms with Crippen LogP contribution in [0.3, 0.4) is 0 Å². The number of rotatable bonds is 10. The van der Waals surface area contributed by atoms with E-state index in [4.69, 9.17) is 4.74 Å². The highest BCUT2D eigenvalue weighted by Crippen LogP contribution is 2.29. The minimum Gasteiger partial charge on any atom is -0.376 e. The lowest BCUT2D eigenvalue weighted by Gasteiger charge is -2.35. The predicted octanol–water partition coefficient (Wildman–Crippen LogP) is 2.33. The molecule has 3 rings (SSSR count). The van der Waals surface area contributed by atoms with Crippen LogP contribution in [-0.2, 0) is 23.0 Å². The molecule has 1 saturated carbocycles. The van der Waals surface area contributed by atoms with Crippen LogP contribution < -0.4 is 10.6 Å². The monoisotopic (exact) mass is 400 g/mol. The van der Waals surface area contributed by atoms with Crippen molar-refractivity contribution in [3.63, 3.8) is 0 Å². The number of amides is 1. The molecular formula is C21H32N6O2. The summed E-state index contributed by atoms with van der Waals surface area (Å²) in [5.41, 5.74) is 1.20. The minimum atomic E-state index is -0.0151. The zero-order valence-corrected chi connectivity index (χ0v) is 17.4. The summed E-state index contributed by atoms with van der Waals surface area (Å²) in [6.07, 6.45) is 12.5. The molecule has 3 atom stereocenters. The topological polar surface area (TPSA) is 94.0 Å². The molecule has 8 nitrogen and oxygen atoms in total. The maximum atomic E-state index is 12.7. The van der Waals surface area contributed by atoms with Gasteiger partial charge in [-0.25, -0.2) is 9.97 Å². The number of ether oxygens (including phenoxy) is 1. The quantitative estimate of drug-likeness (QED) is 0.595. The Kier molecular flexibility index (Phi) is 7.98. The van der Waals surface area contributed by atoms with Gasteiger partial charge in [-0.3, -0.25) is 9.48 Å². The second-order valence-corrected chi connectivity index (χ2v) is 7.66. The van der Waals surface area contributed by atoms with Crippen LogP contribution in [0, 0.1) is 5.92 Å². The summed E-state index contributed by atoms with van der Waals surface area (Å²) < 4.78 is 7.88. The van der Waals surface area contributed by atoms with Gasteiger partial charge in [0.25, 0.3) is 0 Å². The van der Waals surface area contributed by atoms with E-state index in [1.54, 1.807) is 23.1 Å². The Balaban J connectivity index is 1.46. The Hall–Kier alpha value is -2.48. The van der Waals surface area contributed by atoms with Crippen molar-refractivity contribution in [1.29, 1.82) is 0 Å². The summed E-state index contributed by atoms with van der Waals surface area (Å²) in [7, 11) is 1.91. The lowest BCUT2D eigenvalue weighted by molar-refractivity contribution is -0.128. The molecular weight excluding hydrogens is 368 g/mol. The molecule has 1 fully saturated rings. The summed E-state index contributed by atoms with van der Waals surface area (Å²) in [6, 6.07) is 1.92. The van der Waals surface area contributed by atoms with Gasteiger partial charge in [-0.15, -0.1) is 0 Å². The summed E-state index contributed by atoms with van der Waals surface area (Å²) in [4.78, 5) is 21.2. The number of nitrogens with one attached hydrogen (secondary N) is 2. The van der Waals surface area contributed by atoms with Crippen LogP contribution in [0.15, 0.2) is 30.9 Å². The second-order valence-electron chi connectivity index (χ2n) is 7.66.